The van der Waals surface area contributed by atoms with E-state index in [0.29, 0.717) is 11.3 Å². The fourth-order valence-corrected chi connectivity index (χ4v) is 2.29. The lowest BCUT2D eigenvalue weighted by molar-refractivity contribution is 0.0998. The molecule has 2 N–H and O–H groups in total. The van der Waals surface area contributed by atoms with Crippen LogP contribution in [0.1, 0.15) is 21.5 Å². The minimum Gasteiger partial charge on any atom is -0.456 e. The van der Waals surface area contributed by atoms with E-state index in [2.05, 4.69) is 0 Å². The molecule has 0 bridgehead atoms. The Balaban J connectivity index is 2.15. The highest BCUT2D eigenvalue weighted by Crippen LogP contribution is 2.35. The Morgan fingerprint density at radius 2 is 1.72 bits per heavy atom. The van der Waals surface area contributed by atoms with Gasteiger partial charge in [-0.25, -0.2) is 0 Å². The lowest BCUT2D eigenvalue weighted by Crippen LogP contribution is -2.12. The fraction of sp³-hybridized carbons (Fsp3) is 0.133. The molecule has 0 radical (unpaired) electrons. The molecule has 1 amide bonds. The first-order chi connectivity index (χ1) is 8.75. The van der Waals surface area contributed by atoms with Gasteiger partial charge in [-0.15, -0.1) is 0 Å². The summed E-state index contributed by atoms with van der Waals surface area (Å²) in [5.74, 6) is 0.964. The number of nitrogens with two attached hydrogens (primary N) is 1. The van der Waals surface area contributed by atoms with Crippen LogP contribution < -0.4 is 10.5 Å². The zero-order valence-corrected chi connectivity index (χ0v) is 9.85. The average molecular weight is 239 g/mol. The second kappa shape index (κ2) is 4.18. The van der Waals surface area contributed by atoms with Crippen molar-refractivity contribution in [1.82, 2.24) is 0 Å². The van der Waals surface area contributed by atoms with Crippen molar-refractivity contribution >= 4 is 5.91 Å². The standard InChI is InChI=1S/C15H13NO2/c16-15(17)12-6-3-5-11-9-8-10-4-1-2-7-13(10)18-14(11)12/h1-7H,8-9H2,(H2,16,17). The van der Waals surface area contributed by atoms with Gasteiger partial charge in [-0.1, -0.05) is 30.3 Å². The Bertz CT molecular complexity index is 620. The lowest BCUT2D eigenvalue weighted by atomic mass is 10.0. The Hall–Kier alpha value is -2.29. The van der Waals surface area contributed by atoms with Gasteiger partial charge in [0.05, 0.1) is 5.56 Å². The van der Waals surface area contributed by atoms with Crippen LogP contribution in [0.2, 0.25) is 0 Å². The van der Waals surface area contributed by atoms with Gasteiger partial charge in [0.15, 0.2) is 0 Å². The van der Waals surface area contributed by atoms with E-state index < -0.39 is 5.91 Å². The smallest absolute Gasteiger partial charge is 0.252 e. The summed E-state index contributed by atoms with van der Waals surface area (Å²) in [5.41, 5.74) is 8.02. The highest BCUT2D eigenvalue weighted by atomic mass is 16.5. The summed E-state index contributed by atoms with van der Waals surface area (Å²) in [4.78, 5) is 11.4. The highest BCUT2D eigenvalue weighted by molar-refractivity contribution is 5.96. The third kappa shape index (κ3) is 1.74. The van der Waals surface area contributed by atoms with Crippen molar-refractivity contribution in [3.8, 4) is 11.5 Å². The first-order valence-corrected chi connectivity index (χ1v) is 5.93. The number of para-hydroxylation sites is 2. The first kappa shape index (κ1) is 10.8. The zero-order valence-electron chi connectivity index (χ0n) is 9.85. The number of amides is 1. The molecular weight excluding hydrogens is 226 g/mol. The number of rotatable bonds is 1. The number of aryl methyl sites for hydroxylation is 2. The van der Waals surface area contributed by atoms with Crippen molar-refractivity contribution < 1.29 is 9.53 Å². The number of fused-ring (bicyclic) bond motifs is 2. The Morgan fingerprint density at radius 1 is 1.00 bits per heavy atom. The minimum atomic E-state index is -0.453. The summed E-state index contributed by atoms with van der Waals surface area (Å²) in [6.07, 6.45) is 1.76. The molecule has 1 aliphatic heterocycles. The third-order valence-electron chi connectivity index (χ3n) is 3.21. The molecule has 0 saturated heterocycles. The van der Waals surface area contributed by atoms with E-state index in [4.69, 9.17) is 10.5 Å². The maximum Gasteiger partial charge on any atom is 0.252 e. The van der Waals surface area contributed by atoms with Gasteiger partial charge in [0.2, 0.25) is 0 Å². The predicted molar refractivity (Wildman–Crippen MR) is 68.9 cm³/mol. The van der Waals surface area contributed by atoms with Gasteiger partial charge in [-0.05, 0) is 36.1 Å². The molecule has 3 rings (SSSR count). The molecule has 2 aromatic rings. The molecule has 0 atom stereocenters. The van der Waals surface area contributed by atoms with Crippen LogP contribution in [-0.2, 0) is 12.8 Å². The Kier molecular flexibility index (Phi) is 2.52. The number of primary amides is 1. The molecule has 0 unspecified atom stereocenters. The molecule has 3 heteroatoms. The van der Waals surface area contributed by atoms with E-state index in [0.717, 1.165) is 29.7 Å². The van der Waals surface area contributed by atoms with Crippen molar-refractivity contribution in [2.24, 2.45) is 5.73 Å². The monoisotopic (exact) mass is 239 g/mol. The molecule has 2 aromatic carbocycles. The molecule has 0 saturated carbocycles. The Labute approximate surface area is 105 Å². The van der Waals surface area contributed by atoms with E-state index >= 15 is 0 Å². The van der Waals surface area contributed by atoms with E-state index in [9.17, 15) is 4.79 Å². The van der Waals surface area contributed by atoms with E-state index in [1.54, 1.807) is 6.07 Å². The van der Waals surface area contributed by atoms with Crippen LogP contribution >= 0.6 is 0 Å². The van der Waals surface area contributed by atoms with Crippen LogP contribution in [0.5, 0.6) is 11.5 Å². The molecule has 0 fully saturated rings. The van der Waals surface area contributed by atoms with E-state index in [1.165, 1.54) is 0 Å². The van der Waals surface area contributed by atoms with Crippen LogP contribution in [0.25, 0.3) is 0 Å². The van der Waals surface area contributed by atoms with Gasteiger partial charge in [0, 0.05) is 0 Å². The summed E-state index contributed by atoms with van der Waals surface area (Å²) in [6, 6.07) is 13.4. The first-order valence-electron chi connectivity index (χ1n) is 5.93. The average Bonchev–Trinajstić information content (AvgIpc) is 2.57. The van der Waals surface area contributed by atoms with Crippen molar-refractivity contribution in [1.29, 1.82) is 0 Å². The van der Waals surface area contributed by atoms with Gasteiger partial charge in [-0.2, -0.15) is 0 Å². The van der Waals surface area contributed by atoms with Gasteiger partial charge in [-0.3, -0.25) is 4.79 Å². The fourth-order valence-electron chi connectivity index (χ4n) is 2.29. The maximum absolute atomic E-state index is 11.4. The molecule has 18 heavy (non-hydrogen) atoms. The van der Waals surface area contributed by atoms with E-state index in [1.807, 2.05) is 36.4 Å². The van der Waals surface area contributed by atoms with Crippen LogP contribution in [0.4, 0.5) is 0 Å². The predicted octanol–water partition coefficient (Wildman–Crippen LogP) is 2.68. The summed E-state index contributed by atoms with van der Waals surface area (Å²) >= 11 is 0. The van der Waals surface area contributed by atoms with Crippen molar-refractivity contribution in [3.63, 3.8) is 0 Å². The quantitative estimate of drug-likeness (QED) is 0.831. The van der Waals surface area contributed by atoms with Gasteiger partial charge in [0.1, 0.15) is 11.5 Å². The molecule has 3 nitrogen and oxygen atoms in total. The topological polar surface area (TPSA) is 52.3 Å². The molecule has 90 valence electrons. The molecule has 0 aliphatic carbocycles. The second-order valence-electron chi connectivity index (χ2n) is 4.37. The van der Waals surface area contributed by atoms with Crippen LogP contribution in [0.15, 0.2) is 42.5 Å². The summed E-state index contributed by atoms with van der Waals surface area (Å²) in [6.45, 7) is 0. The normalized spacial score (nSPS) is 12.9. The second-order valence-corrected chi connectivity index (χ2v) is 4.37. The van der Waals surface area contributed by atoms with Gasteiger partial charge >= 0.3 is 0 Å². The minimum absolute atomic E-state index is 0.448. The number of benzene rings is 2. The summed E-state index contributed by atoms with van der Waals surface area (Å²) in [5, 5.41) is 0. The molecule has 1 aliphatic rings. The largest absolute Gasteiger partial charge is 0.456 e. The third-order valence-corrected chi connectivity index (χ3v) is 3.21. The van der Waals surface area contributed by atoms with Crippen LogP contribution in [0.3, 0.4) is 0 Å². The van der Waals surface area contributed by atoms with E-state index in [-0.39, 0.29) is 0 Å². The number of ether oxygens (including phenoxy) is 1. The molecular formula is C15H13NO2. The van der Waals surface area contributed by atoms with Crippen molar-refractivity contribution in [2.45, 2.75) is 12.8 Å². The van der Waals surface area contributed by atoms with Crippen LogP contribution in [0, 0.1) is 0 Å². The SMILES string of the molecule is NC(=O)c1cccc2c1Oc1ccccc1CC2. The molecule has 0 aromatic heterocycles. The highest BCUT2D eigenvalue weighted by Gasteiger charge is 2.19. The maximum atomic E-state index is 11.4. The van der Waals surface area contributed by atoms with Crippen LogP contribution in [-0.4, -0.2) is 5.91 Å². The summed E-state index contributed by atoms with van der Waals surface area (Å²) < 4.78 is 5.89. The molecule has 1 heterocycles. The van der Waals surface area contributed by atoms with Gasteiger partial charge in [0.25, 0.3) is 5.91 Å². The van der Waals surface area contributed by atoms with Gasteiger partial charge < -0.3 is 10.5 Å². The number of carbonyl (C=O) groups is 1. The number of carbonyl (C=O) groups excluding carboxylic acids is 1. The van der Waals surface area contributed by atoms with Crippen molar-refractivity contribution in [2.75, 3.05) is 0 Å². The van der Waals surface area contributed by atoms with Crippen molar-refractivity contribution in [3.05, 3.63) is 59.2 Å². The number of hydrogen-bond acceptors (Lipinski definition) is 2. The molecule has 0 spiro atoms. The Morgan fingerprint density at radius 3 is 2.56 bits per heavy atom. The summed E-state index contributed by atoms with van der Waals surface area (Å²) in [7, 11) is 0. The zero-order chi connectivity index (χ0) is 12.5. The lowest BCUT2D eigenvalue weighted by Gasteiger charge is -2.11. The number of hydrogen-bond donors (Lipinski definition) is 1.